The Labute approximate surface area is 351 Å². The maximum absolute atomic E-state index is 14.5. The van der Waals surface area contributed by atoms with Gasteiger partial charge in [0.05, 0.1) is 5.92 Å². The minimum Gasteiger partial charge on any atom is -0.489 e. The van der Waals surface area contributed by atoms with E-state index >= 15 is 0 Å². The lowest BCUT2D eigenvalue weighted by atomic mass is 9.61. The molecule has 0 saturated carbocycles. The van der Waals surface area contributed by atoms with Crippen LogP contribution < -0.4 is 20.1 Å². The maximum atomic E-state index is 14.5. The van der Waals surface area contributed by atoms with Crippen LogP contribution in [0.5, 0.6) is 11.5 Å². The summed E-state index contributed by atoms with van der Waals surface area (Å²) in [5.41, 5.74) is 12.4. The van der Waals surface area contributed by atoms with Gasteiger partial charge in [-0.05, 0) is 156 Å². The van der Waals surface area contributed by atoms with Crippen molar-refractivity contribution in [2.45, 2.75) is 77.4 Å². The van der Waals surface area contributed by atoms with Crippen molar-refractivity contribution in [3.05, 3.63) is 179 Å². The highest BCUT2D eigenvalue weighted by Crippen LogP contribution is 2.51. The zero-order chi connectivity index (χ0) is 40.4. The van der Waals surface area contributed by atoms with Gasteiger partial charge in [-0.3, -0.25) is 4.79 Å². The molecule has 4 atom stereocenters. The Balaban J connectivity index is 1.02. The molecule has 0 bridgehead atoms. The molecule has 8 rings (SSSR count). The number of amides is 1. The van der Waals surface area contributed by atoms with Crippen molar-refractivity contribution in [3.8, 4) is 33.8 Å². The first-order valence-corrected chi connectivity index (χ1v) is 21.9. The highest BCUT2D eigenvalue weighted by Gasteiger charge is 2.44. The molecule has 6 aromatic rings. The Morgan fingerprint density at radius 1 is 0.610 bits per heavy atom. The molecule has 2 N–H and O–H groups in total. The number of carbonyl (C=O) groups excluding carboxylic acids is 1. The number of hydrogen-bond acceptors (Lipinski definition) is 4. The number of benzene rings is 6. The van der Waals surface area contributed by atoms with Gasteiger partial charge in [-0.25, -0.2) is 0 Å². The van der Waals surface area contributed by atoms with E-state index in [1.807, 2.05) is 19.1 Å². The average Bonchev–Trinajstić information content (AvgIpc) is 3.29. The standard InChI is InChI=1S/C54H58N2O3/c1-3-55-33-32-44-26-27-46-35-48(59-37-39-20-24-43(25-21-39)41-14-9-6-10-15-41)29-31-50(46)52(44)53(54(57)56-4-2)51-17-11-16-45-34-47(28-30-49(45)51)58-36-38-18-22-42(23-19-38)40-12-7-5-8-13-40/h5-10,12-15,18-25,28-31,34-35,44,51-53,55H,3-4,11,16-17,26-27,32-33,36-37H2,1-2H3,(H,56,57). The van der Waals surface area contributed by atoms with Crippen LogP contribution >= 0.6 is 0 Å². The Morgan fingerprint density at radius 3 is 1.71 bits per heavy atom. The summed E-state index contributed by atoms with van der Waals surface area (Å²) in [5, 5.41) is 6.90. The van der Waals surface area contributed by atoms with Crippen LogP contribution in [0.15, 0.2) is 146 Å². The van der Waals surface area contributed by atoms with Crippen LogP contribution in [0, 0.1) is 11.8 Å². The van der Waals surface area contributed by atoms with E-state index in [0.29, 0.717) is 25.7 Å². The second kappa shape index (κ2) is 19.4. The number of hydrogen-bond donors (Lipinski definition) is 2. The van der Waals surface area contributed by atoms with Gasteiger partial charge in [0, 0.05) is 6.54 Å². The molecule has 2 aliphatic rings. The largest absolute Gasteiger partial charge is 0.489 e. The van der Waals surface area contributed by atoms with E-state index in [1.54, 1.807) is 0 Å². The summed E-state index contributed by atoms with van der Waals surface area (Å²) in [7, 11) is 0. The predicted octanol–water partition coefficient (Wildman–Crippen LogP) is 11.7. The SMILES string of the molecule is CCNCCC1CCc2cc(OCc3ccc(-c4ccccc4)cc3)ccc2C1C(C(=O)NCC)C1CCCc2cc(OCc3ccc(-c4ccccc4)cc3)ccc21. The fourth-order valence-electron chi connectivity index (χ4n) is 9.62. The van der Waals surface area contributed by atoms with Crippen LogP contribution in [-0.4, -0.2) is 25.5 Å². The van der Waals surface area contributed by atoms with Crippen LogP contribution in [0.1, 0.15) is 84.7 Å². The zero-order valence-electron chi connectivity index (χ0n) is 34.7. The quantitative estimate of drug-likeness (QED) is 0.0960. The summed E-state index contributed by atoms with van der Waals surface area (Å²) in [5.74, 6) is 2.40. The van der Waals surface area contributed by atoms with Gasteiger partial charge < -0.3 is 20.1 Å². The molecule has 4 unspecified atom stereocenters. The van der Waals surface area contributed by atoms with Crippen molar-refractivity contribution in [2.24, 2.45) is 11.8 Å². The van der Waals surface area contributed by atoms with Gasteiger partial charge >= 0.3 is 0 Å². The van der Waals surface area contributed by atoms with Crippen molar-refractivity contribution in [3.63, 3.8) is 0 Å². The van der Waals surface area contributed by atoms with Crippen molar-refractivity contribution in [1.29, 1.82) is 0 Å². The van der Waals surface area contributed by atoms with Crippen molar-refractivity contribution < 1.29 is 14.3 Å². The van der Waals surface area contributed by atoms with Crippen LogP contribution in [0.25, 0.3) is 22.3 Å². The minimum atomic E-state index is -0.176. The van der Waals surface area contributed by atoms with E-state index in [-0.39, 0.29) is 23.7 Å². The third kappa shape index (κ3) is 9.64. The number of carbonyl (C=O) groups is 1. The summed E-state index contributed by atoms with van der Waals surface area (Å²) >= 11 is 0. The summed E-state index contributed by atoms with van der Waals surface area (Å²) in [6.07, 6.45) is 6.14. The van der Waals surface area contributed by atoms with E-state index in [9.17, 15) is 4.79 Å². The Kier molecular flexibility index (Phi) is 13.2. The highest BCUT2D eigenvalue weighted by atomic mass is 16.5. The molecule has 0 saturated heterocycles. The smallest absolute Gasteiger partial charge is 0.224 e. The zero-order valence-corrected chi connectivity index (χ0v) is 34.7. The van der Waals surface area contributed by atoms with Gasteiger partial charge in [0.15, 0.2) is 0 Å². The molecule has 2 aliphatic carbocycles. The van der Waals surface area contributed by atoms with Crippen molar-refractivity contribution >= 4 is 5.91 Å². The number of nitrogens with one attached hydrogen (secondary N) is 2. The van der Waals surface area contributed by atoms with Crippen LogP contribution in [-0.2, 0) is 30.8 Å². The highest BCUT2D eigenvalue weighted by molar-refractivity contribution is 5.81. The van der Waals surface area contributed by atoms with E-state index in [0.717, 1.165) is 74.2 Å². The number of rotatable bonds is 16. The van der Waals surface area contributed by atoms with E-state index in [4.69, 9.17) is 9.47 Å². The molecule has 0 aromatic heterocycles. The van der Waals surface area contributed by atoms with Crippen molar-refractivity contribution in [2.75, 3.05) is 19.6 Å². The van der Waals surface area contributed by atoms with Gasteiger partial charge in [-0.15, -0.1) is 0 Å². The molecular formula is C54H58N2O3. The summed E-state index contributed by atoms with van der Waals surface area (Å²) in [4.78, 5) is 14.5. The molecule has 302 valence electrons. The van der Waals surface area contributed by atoms with Gasteiger partial charge in [0.1, 0.15) is 24.7 Å². The second-order valence-electron chi connectivity index (χ2n) is 16.3. The Bertz CT molecular complexity index is 2270. The van der Waals surface area contributed by atoms with Crippen LogP contribution in [0.3, 0.4) is 0 Å². The number of ether oxygens (including phenoxy) is 2. The van der Waals surface area contributed by atoms with Crippen LogP contribution in [0.4, 0.5) is 0 Å². The van der Waals surface area contributed by atoms with Gasteiger partial charge in [0.2, 0.25) is 5.91 Å². The summed E-state index contributed by atoms with van der Waals surface area (Å²) in [6.45, 7) is 7.75. The maximum Gasteiger partial charge on any atom is 0.224 e. The molecule has 0 heterocycles. The van der Waals surface area contributed by atoms with Gasteiger partial charge in [-0.1, -0.05) is 128 Å². The fourth-order valence-corrected chi connectivity index (χ4v) is 9.62. The fraction of sp³-hybridized carbons (Fsp3) is 0.315. The third-order valence-corrected chi connectivity index (χ3v) is 12.6. The molecule has 0 aliphatic heterocycles. The lowest BCUT2D eigenvalue weighted by molar-refractivity contribution is -0.127. The molecule has 5 nitrogen and oxygen atoms in total. The summed E-state index contributed by atoms with van der Waals surface area (Å²) in [6, 6.07) is 51.5. The van der Waals surface area contributed by atoms with Crippen molar-refractivity contribution in [1.82, 2.24) is 10.6 Å². The van der Waals surface area contributed by atoms with Gasteiger partial charge in [0.25, 0.3) is 0 Å². The molecule has 0 spiro atoms. The molecular weight excluding hydrogens is 725 g/mol. The van der Waals surface area contributed by atoms with E-state index < -0.39 is 0 Å². The first kappa shape index (κ1) is 40.1. The third-order valence-electron chi connectivity index (χ3n) is 12.6. The molecule has 59 heavy (non-hydrogen) atoms. The Hall–Kier alpha value is -5.65. The molecule has 6 aromatic carbocycles. The lowest BCUT2D eigenvalue weighted by Gasteiger charge is -2.43. The monoisotopic (exact) mass is 782 g/mol. The first-order valence-electron chi connectivity index (χ1n) is 21.9. The predicted molar refractivity (Wildman–Crippen MR) is 241 cm³/mol. The van der Waals surface area contributed by atoms with E-state index in [2.05, 4.69) is 151 Å². The number of aryl methyl sites for hydroxylation is 2. The topological polar surface area (TPSA) is 59.6 Å². The second-order valence-corrected chi connectivity index (χ2v) is 16.3. The molecule has 1 amide bonds. The summed E-state index contributed by atoms with van der Waals surface area (Å²) < 4.78 is 12.8. The molecule has 0 fully saturated rings. The average molecular weight is 783 g/mol. The molecule has 0 radical (unpaired) electrons. The van der Waals surface area contributed by atoms with Gasteiger partial charge in [-0.2, -0.15) is 0 Å². The normalized spacial score (nSPS) is 17.6. The first-order chi connectivity index (χ1) is 29.1. The van der Waals surface area contributed by atoms with Crippen LogP contribution in [0.2, 0.25) is 0 Å². The molecule has 5 heteroatoms. The number of fused-ring (bicyclic) bond motifs is 2. The van der Waals surface area contributed by atoms with E-state index in [1.165, 1.54) is 44.5 Å². The lowest BCUT2D eigenvalue weighted by Crippen LogP contribution is -2.42. The minimum absolute atomic E-state index is 0.106. The Morgan fingerprint density at radius 2 is 1.15 bits per heavy atom.